The maximum atomic E-state index is 14.4. The smallest absolute Gasteiger partial charge is 0.243 e. The molecule has 2 heterocycles. The first-order valence-electron chi connectivity index (χ1n) is 10.7. The van der Waals surface area contributed by atoms with Crippen LogP contribution in [0.5, 0.6) is 0 Å². The standard InChI is InChI=1S/C24H30FN3O2/c1-24(2,3)13-22(29)28-11-10-27-14-17-12-16(18-6-4-5-7-19(18)25)8-9-20(17)26-23(30)21(27)15-28/h4-9,12,18-19,21H,10-11,13-15H2,1-3H3,(H,26,30). The zero-order valence-electron chi connectivity index (χ0n) is 17.9. The zero-order chi connectivity index (χ0) is 21.5. The van der Waals surface area contributed by atoms with Crippen LogP contribution in [0, 0.1) is 5.41 Å². The Kier molecular flexibility index (Phi) is 5.53. The summed E-state index contributed by atoms with van der Waals surface area (Å²) < 4.78 is 14.4. The third-order valence-corrected chi connectivity index (χ3v) is 6.04. The summed E-state index contributed by atoms with van der Waals surface area (Å²) in [7, 11) is 0. The molecule has 4 rings (SSSR count). The van der Waals surface area contributed by atoms with Crippen LogP contribution in [-0.4, -0.2) is 53.5 Å². The van der Waals surface area contributed by atoms with Crippen molar-refractivity contribution in [3.8, 4) is 0 Å². The largest absolute Gasteiger partial charge is 0.339 e. The lowest BCUT2D eigenvalue weighted by Gasteiger charge is -2.40. The van der Waals surface area contributed by atoms with Crippen LogP contribution in [0.3, 0.4) is 0 Å². The highest BCUT2D eigenvalue weighted by molar-refractivity contribution is 5.97. The van der Waals surface area contributed by atoms with Crippen molar-refractivity contribution in [1.82, 2.24) is 9.80 Å². The van der Waals surface area contributed by atoms with Gasteiger partial charge in [-0.3, -0.25) is 14.5 Å². The summed E-state index contributed by atoms with van der Waals surface area (Å²) in [6, 6.07) is 5.41. The van der Waals surface area contributed by atoms with E-state index in [1.165, 1.54) is 0 Å². The molecule has 30 heavy (non-hydrogen) atoms. The average Bonchev–Trinajstić information content (AvgIpc) is 2.82. The molecule has 0 spiro atoms. The van der Waals surface area contributed by atoms with E-state index < -0.39 is 6.17 Å². The van der Waals surface area contributed by atoms with Gasteiger partial charge in [-0.05, 0) is 28.7 Å². The molecule has 0 bridgehead atoms. The van der Waals surface area contributed by atoms with E-state index in [2.05, 4.69) is 10.2 Å². The number of piperazine rings is 1. The molecule has 6 heteroatoms. The minimum atomic E-state index is -1.04. The first-order chi connectivity index (χ1) is 14.2. The average molecular weight is 412 g/mol. The molecule has 1 aromatic carbocycles. The van der Waals surface area contributed by atoms with E-state index in [1.807, 2.05) is 56.0 Å². The Labute approximate surface area is 177 Å². The van der Waals surface area contributed by atoms with E-state index in [-0.39, 0.29) is 29.2 Å². The van der Waals surface area contributed by atoms with Gasteiger partial charge in [-0.25, -0.2) is 4.39 Å². The second-order valence-electron chi connectivity index (χ2n) is 9.71. The molecule has 0 radical (unpaired) electrons. The second-order valence-corrected chi connectivity index (χ2v) is 9.71. The molecule has 1 N–H and O–H groups in total. The number of halogens is 1. The summed E-state index contributed by atoms with van der Waals surface area (Å²) in [5.74, 6) is -0.286. The van der Waals surface area contributed by atoms with E-state index in [4.69, 9.17) is 0 Å². The lowest BCUT2D eigenvalue weighted by atomic mass is 9.89. The fourth-order valence-corrected chi connectivity index (χ4v) is 4.43. The molecule has 3 aliphatic rings. The van der Waals surface area contributed by atoms with Gasteiger partial charge in [0.25, 0.3) is 0 Å². The Bertz CT molecular complexity index is 902. The number of hydrogen-bond acceptors (Lipinski definition) is 3. The van der Waals surface area contributed by atoms with Crippen molar-refractivity contribution >= 4 is 17.5 Å². The Balaban J connectivity index is 1.52. The van der Waals surface area contributed by atoms with Crippen molar-refractivity contribution in [2.24, 2.45) is 5.41 Å². The lowest BCUT2D eigenvalue weighted by Crippen LogP contribution is -2.57. The quantitative estimate of drug-likeness (QED) is 0.809. The van der Waals surface area contributed by atoms with Crippen molar-refractivity contribution < 1.29 is 14.0 Å². The highest BCUT2D eigenvalue weighted by atomic mass is 19.1. The number of rotatable bonds is 2. The van der Waals surface area contributed by atoms with Gasteiger partial charge in [-0.1, -0.05) is 51.1 Å². The SMILES string of the molecule is CC(C)(C)CC(=O)N1CCN2Cc3cc(C4C=CC=CC4F)ccc3NC(=O)C2C1. The van der Waals surface area contributed by atoms with Gasteiger partial charge in [0.05, 0.1) is 0 Å². The fraction of sp³-hybridized carbons (Fsp3) is 0.500. The summed E-state index contributed by atoms with van der Waals surface area (Å²) in [6.45, 7) is 8.43. The molecule has 5 nitrogen and oxygen atoms in total. The van der Waals surface area contributed by atoms with Crippen molar-refractivity contribution in [3.05, 3.63) is 53.6 Å². The van der Waals surface area contributed by atoms with Crippen LogP contribution in [0.1, 0.15) is 44.2 Å². The number of amides is 2. The summed E-state index contributed by atoms with van der Waals surface area (Å²) in [5, 5.41) is 3.03. The predicted octanol–water partition coefficient (Wildman–Crippen LogP) is 3.64. The lowest BCUT2D eigenvalue weighted by molar-refractivity contribution is -0.138. The van der Waals surface area contributed by atoms with E-state index in [0.717, 1.165) is 16.8 Å². The van der Waals surface area contributed by atoms with Crippen molar-refractivity contribution in [2.75, 3.05) is 25.0 Å². The normalized spacial score (nSPS) is 26.6. The number of anilines is 1. The van der Waals surface area contributed by atoms with Crippen molar-refractivity contribution in [2.45, 2.75) is 51.9 Å². The number of allylic oxidation sites excluding steroid dienone is 4. The van der Waals surface area contributed by atoms with Gasteiger partial charge < -0.3 is 10.2 Å². The van der Waals surface area contributed by atoms with E-state index >= 15 is 0 Å². The maximum absolute atomic E-state index is 14.4. The maximum Gasteiger partial charge on any atom is 0.243 e. The number of fused-ring (bicyclic) bond motifs is 2. The zero-order valence-corrected chi connectivity index (χ0v) is 17.9. The Morgan fingerprint density at radius 3 is 2.70 bits per heavy atom. The third-order valence-electron chi connectivity index (χ3n) is 6.04. The molecule has 3 atom stereocenters. The van der Waals surface area contributed by atoms with Crippen LogP contribution >= 0.6 is 0 Å². The molecule has 1 aromatic rings. The summed E-state index contributed by atoms with van der Waals surface area (Å²) in [4.78, 5) is 29.6. The Morgan fingerprint density at radius 2 is 1.97 bits per heavy atom. The number of nitrogens with zero attached hydrogens (tertiary/aromatic N) is 2. The van der Waals surface area contributed by atoms with Gasteiger partial charge in [0.2, 0.25) is 11.8 Å². The van der Waals surface area contributed by atoms with Crippen LogP contribution in [0.25, 0.3) is 0 Å². The number of alkyl halides is 1. The second kappa shape index (κ2) is 7.99. The summed E-state index contributed by atoms with van der Waals surface area (Å²) >= 11 is 0. The first kappa shape index (κ1) is 20.8. The molecule has 1 saturated heterocycles. The van der Waals surface area contributed by atoms with E-state index in [1.54, 1.807) is 12.2 Å². The van der Waals surface area contributed by atoms with Gasteiger partial charge in [-0.2, -0.15) is 0 Å². The molecule has 2 aliphatic heterocycles. The highest BCUT2D eigenvalue weighted by Gasteiger charge is 2.37. The topological polar surface area (TPSA) is 52.7 Å². The first-order valence-corrected chi connectivity index (χ1v) is 10.7. The molecule has 2 amide bonds. The fourth-order valence-electron chi connectivity index (χ4n) is 4.43. The Hall–Kier alpha value is -2.47. The monoisotopic (exact) mass is 411 g/mol. The highest BCUT2D eigenvalue weighted by Crippen LogP contribution is 2.33. The van der Waals surface area contributed by atoms with Crippen LogP contribution < -0.4 is 5.32 Å². The van der Waals surface area contributed by atoms with Crippen LogP contribution in [0.15, 0.2) is 42.5 Å². The van der Waals surface area contributed by atoms with E-state index in [9.17, 15) is 14.0 Å². The Morgan fingerprint density at radius 1 is 1.20 bits per heavy atom. The molecule has 0 saturated carbocycles. The number of carbonyl (C=O) groups is 2. The predicted molar refractivity (Wildman–Crippen MR) is 116 cm³/mol. The minimum absolute atomic E-state index is 0.0798. The van der Waals surface area contributed by atoms with Gasteiger partial charge in [-0.15, -0.1) is 0 Å². The third kappa shape index (κ3) is 4.33. The molecular weight excluding hydrogens is 381 g/mol. The number of carbonyl (C=O) groups excluding carboxylic acids is 2. The molecule has 160 valence electrons. The summed E-state index contributed by atoms with van der Waals surface area (Å²) in [5.41, 5.74) is 2.60. The number of benzene rings is 1. The van der Waals surface area contributed by atoms with Gasteiger partial charge in [0.1, 0.15) is 12.2 Å². The van der Waals surface area contributed by atoms with Crippen molar-refractivity contribution in [1.29, 1.82) is 0 Å². The van der Waals surface area contributed by atoms with Crippen LogP contribution in [-0.2, 0) is 16.1 Å². The molecular formula is C24H30FN3O2. The minimum Gasteiger partial charge on any atom is -0.339 e. The van der Waals surface area contributed by atoms with Crippen molar-refractivity contribution in [3.63, 3.8) is 0 Å². The molecule has 1 aliphatic carbocycles. The molecule has 1 fully saturated rings. The van der Waals surface area contributed by atoms with Crippen LogP contribution in [0.4, 0.5) is 10.1 Å². The van der Waals surface area contributed by atoms with E-state index in [0.29, 0.717) is 32.6 Å². The van der Waals surface area contributed by atoms with Gasteiger partial charge in [0.15, 0.2) is 0 Å². The van der Waals surface area contributed by atoms with Gasteiger partial charge >= 0.3 is 0 Å². The van der Waals surface area contributed by atoms with Crippen LogP contribution in [0.2, 0.25) is 0 Å². The summed E-state index contributed by atoms with van der Waals surface area (Å²) in [6.07, 6.45) is 6.48. The molecule has 0 aromatic heterocycles. The molecule has 3 unspecified atom stereocenters. The number of nitrogens with one attached hydrogen (secondary N) is 1. The number of hydrogen-bond donors (Lipinski definition) is 1. The van der Waals surface area contributed by atoms with Gasteiger partial charge in [0, 0.05) is 44.2 Å².